The molecule has 2 unspecified atom stereocenters. The van der Waals surface area contributed by atoms with Crippen LogP contribution in [0.4, 0.5) is 0 Å². The van der Waals surface area contributed by atoms with Crippen molar-refractivity contribution in [3.63, 3.8) is 0 Å². The van der Waals surface area contributed by atoms with Crippen LogP contribution in [-0.4, -0.2) is 35.2 Å². The number of hydrogen-bond acceptors (Lipinski definition) is 5. The molecule has 2 N–H and O–H groups in total. The highest BCUT2D eigenvalue weighted by atomic mass is 16.5. The standard InChI is InChI=1S/C10H16N4O2/c1-7-8(2-4-11-7)10(15)12-5-3-9-13-6-14-16-9/h6-8,11H,2-5H2,1H3,(H,12,15). The molecular weight excluding hydrogens is 208 g/mol. The van der Waals surface area contributed by atoms with Crippen LogP contribution in [0.15, 0.2) is 10.9 Å². The molecule has 1 aliphatic rings. The molecule has 0 saturated carbocycles. The van der Waals surface area contributed by atoms with Crippen LogP contribution in [0.5, 0.6) is 0 Å². The van der Waals surface area contributed by atoms with Gasteiger partial charge in [0.1, 0.15) is 0 Å². The van der Waals surface area contributed by atoms with Gasteiger partial charge in [-0.1, -0.05) is 5.16 Å². The Bertz CT molecular complexity index is 339. The molecular formula is C10H16N4O2. The third-order valence-corrected chi connectivity index (χ3v) is 2.91. The lowest BCUT2D eigenvalue weighted by Gasteiger charge is -2.14. The molecule has 0 aliphatic carbocycles. The summed E-state index contributed by atoms with van der Waals surface area (Å²) in [6, 6.07) is 0.267. The van der Waals surface area contributed by atoms with E-state index < -0.39 is 0 Å². The Morgan fingerprint density at radius 1 is 1.75 bits per heavy atom. The van der Waals surface area contributed by atoms with Crippen molar-refractivity contribution < 1.29 is 9.32 Å². The fraction of sp³-hybridized carbons (Fsp3) is 0.700. The van der Waals surface area contributed by atoms with E-state index in [-0.39, 0.29) is 17.9 Å². The zero-order valence-electron chi connectivity index (χ0n) is 9.27. The number of carbonyl (C=O) groups excluding carboxylic acids is 1. The zero-order chi connectivity index (χ0) is 11.4. The molecule has 1 fully saturated rings. The minimum atomic E-state index is 0.0858. The van der Waals surface area contributed by atoms with Gasteiger partial charge in [-0.15, -0.1) is 0 Å². The van der Waals surface area contributed by atoms with Crippen molar-refractivity contribution in [2.45, 2.75) is 25.8 Å². The third kappa shape index (κ3) is 2.57. The Hall–Kier alpha value is -1.43. The molecule has 1 amide bonds. The highest BCUT2D eigenvalue weighted by molar-refractivity contribution is 5.79. The number of nitrogens with zero attached hydrogens (tertiary/aromatic N) is 2. The number of aromatic nitrogens is 2. The lowest BCUT2D eigenvalue weighted by Crippen LogP contribution is -2.37. The van der Waals surface area contributed by atoms with E-state index in [0.29, 0.717) is 18.9 Å². The van der Waals surface area contributed by atoms with Crippen molar-refractivity contribution in [1.82, 2.24) is 20.8 Å². The van der Waals surface area contributed by atoms with E-state index >= 15 is 0 Å². The van der Waals surface area contributed by atoms with E-state index in [1.54, 1.807) is 0 Å². The van der Waals surface area contributed by atoms with Crippen LogP contribution in [0.3, 0.4) is 0 Å². The smallest absolute Gasteiger partial charge is 0.228 e. The van der Waals surface area contributed by atoms with Crippen molar-refractivity contribution in [1.29, 1.82) is 0 Å². The first-order valence-electron chi connectivity index (χ1n) is 5.54. The van der Waals surface area contributed by atoms with Gasteiger partial charge in [0.05, 0.1) is 5.92 Å². The van der Waals surface area contributed by atoms with Gasteiger partial charge < -0.3 is 15.2 Å². The molecule has 1 aromatic heterocycles. The summed E-state index contributed by atoms with van der Waals surface area (Å²) >= 11 is 0. The topological polar surface area (TPSA) is 80.0 Å². The van der Waals surface area contributed by atoms with Crippen molar-refractivity contribution in [2.24, 2.45) is 5.92 Å². The predicted molar refractivity (Wildman–Crippen MR) is 56.6 cm³/mol. The van der Waals surface area contributed by atoms with Gasteiger partial charge in [0.25, 0.3) is 0 Å². The molecule has 0 spiro atoms. The summed E-state index contributed by atoms with van der Waals surface area (Å²) in [4.78, 5) is 15.7. The number of amides is 1. The summed E-state index contributed by atoms with van der Waals surface area (Å²) in [6.45, 7) is 3.50. The number of hydrogen-bond donors (Lipinski definition) is 2. The van der Waals surface area contributed by atoms with Gasteiger partial charge in [0.15, 0.2) is 6.33 Å². The van der Waals surface area contributed by atoms with E-state index in [2.05, 4.69) is 20.8 Å². The van der Waals surface area contributed by atoms with Crippen molar-refractivity contribution in [2.75, 3.05) is 13.1 Å². The Balaban J connectivity index is 1.71. The molecule has 2 heterocycles. The van der Waals surface area contributed by atoms with Gasteiger partial charge in [0, 0.05) is 19.0 Å². The van der Waals surface area contributed by atoms with Crippen LogP contribution in [0, 0.1) is 5.92 Å². The molecule has 1 aliphatic heterocycles. The van der Waals surface area contributed by atoms with E-state index in [9.17, 15) is 4.79 Å². The second kappa shape index (κ2) is 5.07. The molecule has 1 aromatic rings. The average Bonchev–Trinajstić information content (AvgIpc) is 2.88. The fourth-order valence-corrected chi connectivity index (χ4v) is 1.95. The maximum Gasteiger partial charge on any atom is 0.228 e. The Morgan fingerprint density at radius 2 is 2.62 bits per heavy atom. The molecule has 2 atom stereocenters. The van der Waals surface area contributed by atoms with Crippen molar-refractivity contribution in [3.05, 3.63) is 12.2 Å². The second-order valence-electron chi connectivity index (χ2n) is 4.01. The molecule has 16 heavy (non-hydrogen) atoms. The molecule has 6 heteroatoms. The summed E-state index contributed by atoms with van der Waals surface area (Å²) in [7, 11) is 0. The number of nitrogens with one attached hydrogen (secondary N) is 2. The summed E-state index contributed by atoms with van der Waals surface area (Å²) in [5.41, 5.74) is 0. The molecule has 6 nitrogen and oxygen atoms in total. The second-order valence-corrected chi connectivity index (χ2v) is 4.01. The van der Waals surface area contributed by atoms with E-state index in [0.717, 1.165) is 13.0 Å². The quantitative estimate of drug-likeness (QED) is 0.735. The lowest BCUT2D eigenvalue weighted by atomic mass is 10.0. The summed E-state index contributed by atoms with van der Waals surface area (Å²) in [6.07, 6.45) is 2.86. The van der Waals surface area contributed by atoms with Crippen LogP contribution >= 0.6 is 0 Å². The molecule has 88 valence electrons. The van der Waals surface area contributed by atoms with E-state index in [1.807, 2.05) is 6.92 Å². The highest BCUT2D eigenvalue weighted by Crippen LogP contribution is 2.14. The SMILES string of the molecule is CC1NCCC1C(=O)NCCc1ncno1. The molecule has 0 radical (unpaired) electrons. The molecule has 0 bridgehead atoms. The maximum absolute atomic E-state index is 11.8. The van der Waals surface area contributed by atoms with Crippen LogP contribution in [0.1, 0.15) is 19.2 Å². The average molecular weight is 224 g/mol. The van der Waals surface area contributed by atoms with E-state index in [1.165, 1.54) is 6.33 Å². The molecule has 2 rings (SSSR count). The first-order valence-corrected chi connectivity index (χ1v) is 5.54. The van der Waals surface area contributed by atoms with Gasteiger partial charge in [-0.2, -0.15) is 4.98 Å². The Morgan fingerprint density at radius 3 is 3.25 bits per heavy atom. The van der Waals surface area contributed by atoms with Crippen LogP contribution in [0.2, 0.25) is 0 Å². The van der Waals surface area contributed by atoms with Crippen LogP contribution in [0.25, 0.3) is 0 Å². The van der Waals surface area contributed by atoms with Crippen molar-refractivity contribution >= 4 is 5.91 Å². The minimum Gasteiger partial charge on any atom is -0.355 e. The molecule has 0 aromatic carbocycles. The van der Waals surface area contributed by atoms with Gasteiger partial charge in [-0.25, -0.2) is 0 Å². The Kier molecular flexibility index (Phi) is 3.51. The van der Waals surface area contributed by atoms with Crippen molar-refractivity contribution in [3.8, 4) is 0 Å². The monoisotopic (exact) mass is 224 g/mol. The predicted octanol–water partition coefficient (Wildman–Crippen LogP) is -0.274. The summed E-state index contributed by atoms with van der Waals surface area (Å²) in [5, 5.41) is 9.64. The van der Waals surface area contributed by atoms with Gasteiger partial charge in [-0.05, 0) is 19.9 Å². The largest absolute Gasteiger partial charge is 0.355 e. The highest BCUT2D eigenvalue weighted by Gasteiger charge is 2.28. The summed E-state index contributed by atoms with van der Waals surface area (Å²) in [5.74, 6) is 0.748. The minimum absolute atomic E-state index is 0.0858. The number of carbonyl (C=O) groups is 1. The third-order valence-electron chi connectivity index (χ3n) is 2.91. The lowest BCUT2D eigenvalue weighted by molar-refractivity contribution is -0.125. The zero-order valence-corrected chi connectivity index (χ0v) is 9.27. The fourth-order valence-electron chi connectivity index (χ4n) is 1.95. The van der Waals surface area contributed by atoms with Gasteiger partial charge in [-0.3, -0.25) is 4.79 Å². The first kappa shape index (κ1) is 11.1. The van der Waals surface area contributed by atoms with E-state index in [4.69, 9.17) is 4.52 Å². The van der Waals surface area contributed by atoms with Gasteiger partial charge >= 0.3 is 0 Å². The maximum atomic E-state index is 11.8. The van der Waals surface area contributed by atoms with Gasteiger partial charge in [0.2, 0.25) is 11.8 Å². The summed E-state index contributed by atoms with van der Waals surface area (Å²) < 4.78 is 4.84. The molecule has 1 saturated heterocycles. The normalized spacial score (nSPS) is 24.6. The first-order chi connectivity index (χ1) is 7.77. The van der Waals surface area contributed by atoms with Crippen LogP contribution < -0.4 is 10.6 Å². The van der Waals surface area contributed by atoms with Crippen LogP contribution in [-0.2, 0) is 11.2 Å². The Labute approximate surface area is 93.8 Å². The number of rotatable bonds is 4.